The Labute approximate surface area is 68.1 Å². The van der Waals surface area contributed by atoms with Crippen LogP contribution in [0.2, 0.25) is 0 Å². The number of nitrogens with zero attached hydrogens (tertiary/aromatic N) is 2. The molecule has 0 aromatic rings. The van der Waals surface area contributed by atoms with Gasteiger partial charge < -0.3 is 0 Å². The van der Waals surface area contributed by atoms with Crippen molar-refractivity contribution in [2.75, 3.05) is 0 Å². The molecule has 2 heteroatoms. The molecule has 11 heavy (non-hydrogen) atoms. The van der Waals surface area contributed by atoms with Crippen molar-refractivity contribution in [3.05, 3.63) is 24.3 Å². The molecule has 0 spiro atoms. The fraction of sp³-hybridized carbons (Fsp3) is 0.333. The molecule has 0 rings (SSSR count). The summed E-state index contributed by atoms with van der Waals surface area (Å²) in [5, 5.41) is 15.6. The van der Waals surface area contributed by atoms with Gasteiger partial charge >= 0.3 is 0 Å². The second-order valence-electron chi connectivity index (χ2n) is 1.56. The molecule has 0 aliphatic rings. The van der Waals surface area contributed by atoms with E-state index in [9.17, 15) is 0 Å². The summed E-state index contributed by atoms with van der Waals surface area (Å²) in [5.74, 6) is 0. The summed E-state index contributed by atoms with van der Waals surface area (Å²) >= 11 is 0. The molecule has 0 amide bonds. The first kappa shape index (κ1) is 12.2. The van der Waals surface area contributed by atoms with E-state index in [1.54, 1.807) is 6.08 Å². The molecule has 0 saturated carbocycles. The fourth-order valence-corrected chi connectivity index (χ4v) is 0.245. The maximum atomic E-state index is 7.90. The minimum atomic E-state index is 0.538. The lowest BCUT2D eigenvalue weighted by Crippen LogP contribution is -1.49. The first-order chi connectivity index (χ1) is 5.33. The predicted octanol–water partition coefficient (Wildman–Crippen LogP) is 2.56. The minimum Gasteiger partial charge on any atom is -0.198 e. The Morgan fingerprint density at radius 2 is 1.82 bits per heavy atom. The van der Waals surface area contributed by atoms with Gasteiger partial charge in [0.15, 0.2) is 0 Å². The predicted molar refractivity (Wildman–Crippen MR) is 45.5 cm³/mol. The number of nitriles is 2. The number of hydrogen-bond acceptors (Lipinski definition) is 2. The largest absolute Gasteiger partial charge is 0.198 e. The molecule has 0 heterocycles. The number of rotatable bonds is 1. The topological polar surface area (TPSA) is 47.6 Å². The standard InChI is InChI=1S/C5H7N.C4H5N/c1-2-3-4-5-6;1-2-3-4-5/h2-3H,4H2,1H3;2-3H,1H3. The van der Waals surface area contributed by atoms with Gasteiger partial charge in [0.2, 0.25) is 0 Å². The molecule has 0 fully saturated rings. The van der Waals surface area contributed by atoms with Crippen LogP contribution in [0, 0.1) is 22.7 Å². The third-order valence-electron chi connectivity index (χ3n) is 0.686. The monoisotopic (exact) mass is 148 g/mol. The fourth-order valence-electron chi connectivity index (χ4n) is 0.245. The minimum absolute atomic E-state index is 0.538. The second kappa shape index (κ2) is 15.8. The van der Waals surface area contributed by atoms with Crippen molar-refractivity contribution in [1.82, 2.24) is 0 Å². The quantitative estimate of drug-likeness (QED) is 0.424. The first-order valence-corrected chi connectivity index (χ1v) is 3.32. The Hall–Kier alpha value is -1.54. The van der Waals surface area contributed by atoms with E-state index in [0.29, 0.717) is 6.42 Å². The first-order valence-electron chi connectivity index (χ1n) is 3.32. The van der Waals surface area contributed by atoms with Gasteiger partial charge in [0.25, 0.3) is 0 Å². The van der Waals surface area contributed by atoms with Gasteiger partial charge in [0.1, 0.15) is 0 Å². The Morgan fingerprint density at radius 1 is 1.18 bits per heavy atom. The van der Waals surface area contributed by atoms with E-state index in [4.69, 9.17) is 10.5 Å². The van der Waals surface area contributed by atoms with E-state index in [-0.39, 0.29) is 0 Å². The van der Waals surface area contributed by atoms with E-state index < -0.39 is 0 Å². The highest BCUT2D eigenvalue weighted by Gasteiger charge is 1.61. The molecule has 0 aliphatic heterocycles. The molecule has 2 nitrogen and oxygen atoms in total. The van der Waals surface area contributed by atoms with Gasteiger partial charge in [-0.1, -0.05) is 18.2 Å². The highest BCUT2D eigenvalue weighted by atomic mass is 14.2. The van der Waals surface area contributed by atoms with Crippen LogP contribution >= 0.6 is 0 Å². The van der Waals surface area contributed by atoms with Crippen molar-refractivity contribution in [3.8, 4) is 12.1 Å². The lowest BCUT2D eigenvalue weighted by Gasteiger charge is -1.63. The lowest BCUT2D eigenvalue weighted by atomic mass is 10.4. The van der Waals surface area contributed by atoms with Crippen molar-refractivity contribution in [1.29, 1.82) is 10.5 Å². The van der Waals surface area contributed by atoms with Gasteiger partial charge in [-0.3, -0.25) is 0 Å². The van der Waals surface area contributed by atoms with Crippen molar-refractivity contribution >= 4 is 0 Å². The lowest BCUT2D eigenvalue weighted by molar-refractivity contribution is 1.34. The van der Waals surface area contributed by atoms with Crippen molar-refractivity contribution in [2.45, 2.75) is 20.3 Å². The summed E-state index contributed by atoms with van der Waals surface area (Å²) in [4.78, 5) is 0. The Kier molecular flexibility index (Phi) is 17.5. The van der Waals surface area contributed by atoms with Gasteiger partial charge in [-0.2, -0.15) is 10.5 Å². The van der Waals surface area contributed by atoms with E-state index in [2.05, 4.69) is 0 Å². The SMILES string of the molecule is CC=CC#N.CC=CCC#N. The highest BCUT2D eigenvalue weighted by molar-refractivity contribution is 4.99. The van der Waals surface area contributed by atoms with Gasteiger partial charge in [-0.25, -0.2) is 0 Å². The summed E-state index contributed by atoms with van der Waals surface area (Å²) < 4.78 is 0. The second-order valence-corrected chi connectivity index (χ2v) is 1.56. The van der Waals surface area contributed by atoms with Crippen LogP contribution in [0.15, 0.2) is 24.3 Å². The van der Waals surface area contributed by atoms with E-state index in [0.717, 1.165) is 0 Å². The summed E-state index contributed by atoms with van der Waals surface area (Å²) in [6.45, 7) is 3.71. The maximum absolute atomic E-state index is 7.90. The maximum Gasteiger partial charge on any atom is 0.0908 e. The normalized spacial score (nSPS) is 8.36. The van der Waals surface area contributed by atoms with Crippen LogP contribution in [0.5, 0.6) is 0 Å². The van der Waals surface area contributed by atoms with Crippen LogP contribution in [0.1, 0.15) is 20.3 Å². The van der Waals surface area contributed by atoms with Crippen molar-refractivity contribution in [3.63, 3.8) is 0 Å². The van der Waals surface area contributed by atoms with Crippen LogP contribution in [-0.4, -0.2) is 0 Å². The Morgan fingerprint density at radius 3 is 1.91 bits per heavy atom. The summed E-state index contributed by atoms with van der Waals surface area (Å²) in [6, 6.07) is 3.82. The number of hydrogen-bond donors (Lipinski definition) is 0. The summed E-state index contributed by atoms with van der Waals surface area (Å²) in [5.41, 5.74) is 0. The van der Waals surface area contributed by atoms with Crippen LogP contribution in [0.4, 0.5) is 0 Å². The van der Waals surface area contributed by atoms with Crippen LogP contribution in [-0.2, 0) is 0 Å². The van der Waals surface area contributed by atoms with E-state index >= 15 is 0 Å². The average molecular weight is 148 g/mol. The highest BCUT2D eigenvalue weighted by Crippen LogP contribution is 1.74. The molecule has 0 aromatic carbocycles. The third kappa shape index (κ3) is 29.5. The molecule has 0 aliphatic carbocycles. The molecular weight excluding hydrogens is 136 g/mol. The van der Waals surface area contributed by atoms with Gasteiger partial charge in [0.05, 0.1) is 18.6 Å². The zero-order valence-electron chi connectivity index (χ0n) is 6.91. The molecule has 0 saturated heterocycles. The average Bonchev–Trinajstić information content (AvgIpc) is 2.04. The summed E-state index contributed by atoms with van der Waals surface area (Å²) in [7, 11) is 0. The van der Waals surface area contributed by atoms with Crippen molar-refractivity contribution in [2.24, 2.45) is 0 Å². The molecule has 58 valence electrons. The van der Waals surface area contributed by atoms with Gasteiger partial charge in [0, 0.05) is 6.08 Å². The van der Waals surface area contributed by atoms with Gasteiger partial charge in [-0.05, 0) is 13.8 Å². The Bertz CT molecular complexity index is 189. The molecule has 0 N–H and O–H groups in total. The zero-order chi connectivity index (χ0) is 8.95. The van der Waals surface area contributed by atoms with Crippen molar-refractivity contribution < 1.29 is 0 Å². The molecular formula is C9H12N2. The molecule has 0 aromatic heterocycles. The van der Waals surface area contributed by atoms with E-state index in [1.807, 2.05) is 38.1 Å². The number of allylic oxidation sites excluding steroid dienone is 4. The zero-order valence-corrected chi connectivity index (χ0v) is 6.91. The van der Waals surface area contributed by atoms with Crippen LogP contribution in [0.25, 0.3) is 0 Å². The molecule has 0 bridgehead atoms. The van der Waals surface area contributed by atoms with E-state index in [1.165, 1.54) is 6.08 Å². The van der Waals surface area contributed by atoms with Crippen LogP contribution in [0.3, 0.4) is 0 Å². The molecule has 0 unspecified atom stereocenters. The molecule has 0 radical (unpaired) electrons. The summed E-state index contributed by atoms with van der Waals surface area (Å²) in [6.07, 6.45) is 7.35. The smallest absolute Gasteiger partial charge is 0.0908 e. The van der Waals surface area contributed by atoms with Crippen LogP contribution < -0.4 is 0 Å². The van der Waals surface area contributed by atoms with Gasteiger partial charge in [-0.15, -0.1) is 0 Å². The molecule has 0 atom stereocenters. The third-order valence-corrected chi connectivity index (χ3v) is 0.686. The Balaban J connectivity index is 0.